The molecule has 0 aromatic rings. The molecule has 1 unspecified atom stereocenters. The molecule has 0 radical (unpaired) electrons. The molecule has 1 saturated heterocycles. The summed E-state index contributed by atoms with van der Waals surface area (Å²) in [5.74, 6) is 0.863. The summed E-state index contributed by atoms with van der Waals surface area (Å²) in [4.78, 5) is 13.7. The first-order valence-corrected chi connectivity index (χ1v) is 6.88. The lowest BCUT2D eigenvalue weighted by Crippen LogP contribution is -2.41. The van der Waals surface area contributed by atoms with Crippen LogP contribution in [0.1, 0.15) is 32.6 Å². The number of rotatable bonds is 7. The first kappa shape index (κ1) is 14.5. The topological polar surface area (TPSA) is 44.4 Å². The minimum Gasteiger partial charge on any atom is -0.355 e. The molecule has 4 heteroatoms. The Morgan fingerprint density at radius 1 is 1.53 bits per heavy atom. The highest BCUT2D eigenvalue weighted by molar-refractivity contribution is 5.77. The van der Waals surface area contributed by atoms with Crippen molar-refractivity contribution in [2.45, 2.75) is 32.6 Å². The number of unbranched alkanes of at least 4 members (excludes halogenated alkanes) is 1. The summed E-state index contributed by atoms with van der Waals surface area (Å²) in [7, 11) is 2.04. The molecule has 0 aromatic carbocycles. The van der Waals surface area contributed by atoms with E-state index in [0.29, 0.717) is 12.5 Å². The fraction of sp³-hybridized carbons (Fsp3) is 0.923. The SMILES string of the molecule is CCCCNC(=O)CN(C)CC1CCCNC1. The maximum absolute atomic E-state index is 11.6. The van der Waals surface area contributed by atoms with Gasteiger partial charge in [0.1, 0.15) is 0 Å². The molecule has 1 rings (SSSR count). The van der Waals surface area contributed by atoms with E-state index in [-0.39, 0.29) is 5.91 Å². The highest BCUT2D eigenvalue weighted by Crippen LogP contribution is 2.10. The highest BCUT2D eigenvalue weighted by Gasteiger charge is 2.16. The molecule has 0 saturated carbocycles. The first-order chi connectivity index (χ1) is 8.22. The lowest BCUT2D eigenvalue weighted by molar-refractivity contribution is -0.122. The van der Waals surface area contributed by atoms with Gasteiger partial charge in [-0.1, -0.05) is 13.3 Å². The Bertz CT molecular complexity index is 215. The van der Waals surface area contributed by atoms with Crippen LogP contribution in [0.15, 0.2) is 0 Å². The fourth-order valence-electron chi connectivity index (χ4n) is 2.29. The first-order valence-electron chi connectivity index (χ1n) is 6.88. The van der Waals surface area contributed by atoms with Crippen molar-refractivity contribution in [1.82, 2.24) is 15.5 Å². The van der Waals surface area contributed by atoms with Crippen LogP contribution in [0.5, 0.6) is 0 Å². The summed E-state index contributed by atoms with van der Waals surface area (Å²) in [6.07, 6.45) is 4.75. The largest absolute Gasteiger partial charge is 0.355 e. The molecule has 4 nitrogen and oxygen atoms in total. The predicted molar refractivity (Wildman–Crippen MR) is 71.0 cm³/mol. The van der Waals surface area contributed by atoms with Gasteiger partial charge in [-0.2, -0.15) is 0 Å². The summed E-state index contributed by atoms with van der Waals surface area (Å²) in [6.45, 7) is 6.75. The van der Waals surface area contributed by atoms with Crippen molar-refractivity contribution >= 4 is 5.91 Å². The van der Waals surface area contributed by atoms with E-state index in [1.54, 1.807) is 0 Å². The van der Waals surface area contributed by atoms with Crippen LogP contribution in [0.4, 0.5) is 0 Å². The Hall–Kier alpha value is -0.610. The minimum absolute atomic E-state index is 0.157. The van der Waals surface area contributed by atoms with Gasteiger partial charge in [0.05, 0.1) is 6.54 Å². The number of nitrogens with zero attached hydrogens (tertiary/aromatic N) is 1. The van der Waals surface area contributed by atoms with Crippen LogP contribution in [0.2, 0.25) is 0 Å². The average Bonchev–Trinajstić information content (AvgIpc) is 2.30. The number of carbonyl (C=O) groups is 1. The summed E-state index contributed by atoms with van der Waals surface area (Å²) >= 11 is 0. The summed E-state index contributed by atoms with van der Waals surface area (Å²) < 4.78 is 0. The van der Waals surface area contributed by atoms with Gasteiger partial charge in [-0.25, -0.2) is 0 Å². The second-order valence-electron chi connectivity index (χ2n) is 5.11. The van der Waals surface area contributed by atoms with Gasteiger partial charge in [0.2, 0.25) is 5.91 Å². The Morgan fingerprint density at radius 2 is 2.35 bits per heavy atom. The van der Waals surface area contributed by atoms with E-state index in [1.807, 2.05) is 7.05 Å². The van der Waals surface area contributed by atoms with E-state index in [0.717, 1.165) is 39.0 Å². The maximum Gasteiger partial charge on any atom is 0.234 e. The maximum atomic E-state index is 11.6. The second kappa shape index (κ2) is 8.48. The third-order valence-corrected chi connectivity index (χ3v) is 3.23. The Morgan fingerprint density at radius 3 is 3.00 bits per heavy atom. The van der Waals surface area contributed by atoms with E-state index in [1.165, 1.54) is 12.8 Å². The summed E-state index contributed by atoms with van der Waals surface area (Å²) in [5, 5.41) is 6.36. The summed E-state index contributed by atoms with van der Waals surface area (Å²) in [6, 6.07) is 0. The third kappa shape index (κ3) is 6.64. The number of hydrogen-bond donors (Lipinski definition) is 2. The molecule has 0 aromatic heterocycles. The Labute approximate surface area is 105 Å². The van der Waals surface area contributed by atoms with Crippen LogP contribution < -0.4 is 10.6 Å². The molecule has 100 valence electrons. The van der Waals surface area contributed by atoms with Crippen LogP contribution in [0.3, 0.4) is 0 Å². The number of hydrogen-bond acceptors (Lipinski definition) is 3. The van der Waals surface area contributed by atoms with Gasteiger partial charge in [-0.3, -0.25) is 9.69 Å². The van der Waals surface area contributed by atoms with E-state index < -0.39 is 0 Å². The molecule has 2 N–H and O–H groups in total. The molecule has 1 atom stereocenters. The number of amides is 1. The van der Waals surface area contributed by atoms with Gasteiger partial charge in [-0.05, 0) is 45.3 Å². The standard InChI is InChI=1S/C13H27N3O/c1-3-4-8-15-13(17)11-16(2)10-12-6-5-7-14-9-12/h12,14H,3-11H2,1-2H3,(H,15,17). The van der Waals surface area contributed by atoms with Gasteiger partial charge in [0.15, 0.2) is 0 Å². The quantitative estimate of drug-likeness (QED) is 0.649. The zero-order chi connectivity index (χ0) is 12.5. The minimum atomic E-state index is 0.157. The molecule has 1 amide bonds. The van der Waals surface area contributed by atoms with Crippen molar-refractivity contribution in [2.75, 3.05) is 39.8 Å². The van der Waals surface area contributed by atoms with Gasteiger partial charge < -0.3 is 10.6 Å². The van der Waals surface area contributed by atoms with Crippen molar-refractivity contribution in [1.29, 1.82) is 0 Å². The smallest absolute Gasteiger partial charge is 0.234 e. The number of piperidine rings is 1. The lowest BCUT2D eigenvalue weighted by atomic mass is 9.99. The van der Waals surface area contributed by atoms with Crippen LogP contribution in [-0.4, -0.2) is 50.6 Å². The molecule has 1 fully saturated rings. The second-order valence-corrected chi connectivity index (χ2v) is 5.11. The van der Waals surface area contributed by atoms with Gasteiger partial charge in [-0.15, -0.1) is 0 Å². The van der Waals surface area contributed by atoms with Gasteiger partial charge >= 0.3 is 0 Å². The Balaban J connectivity index is 2.10. The summed E-state index contributed by atoms with van der Waals surface area (Å²) in [5.41, 5.74) is 0. The third-order valence-electron chi connectivity index (χ3n) is 3.23. The molecule has 17 heavy (non-hydrogen) atoms. The van der Waals surface area contributed by atoms with E-state index in [9.17, 15) is 4.79 Å². The van der Waals surface area contributed by atoms with Crippen molar-refractivity contribution in [3.05, 3.63) is 0 Å². The van der Waals surface area contributed by atoms with Crippen molar-refractivity contribution in [3.8, 4) is 0 Å². The van der Waals surface area contributed by atoms with Crippen molar-refractivity contribution < 1.29 is 4.79 Å². The normalized spacial score (nSPS) is 20.5. The van der Waals surface area contributed by atoms with Crippen molar-refractivity contribution in [3.63, 3.8) is 0 Å². The zero-order valence-electron chi connectivity index (χ0n) is 11.3. The number of likely N-dealkylation sites (N-methyl/N-ethyl adjacent to an activating group) is 1. The van der Waals surface area contributed by atoms with Gasteiger partial charge in [0.25, 0.3) is 0 Å². The highest BCUT2D eigenvalue weighted by atomic mass is 16.2. The van der Waals surface area contributed by atoms with E-state index >= 15 is 0 Å². The molecule has 0 spiro atoms. The molecule has 1 aliphatic rings. The van der Waals surface area contributed by atoms with Crippen LogP contribution in [-0.2, 0) is 4.79 Å². The van der Waals surface area contributed by atoms with Gasteiger partial charge in [0, 0.05) is 13.1 Å². The van der Waals surface area contributed by atoms with E-state index in [2.05, 4.69) is 22.5 Å². The molecule has 0 aliphatic carbocycles. The molecule has 1 aliphatic heterocycles. The fourth-order valence-corrected chi connectivity index (χ4v) is 2.29. The van der Waals surface area contributed by atoms with E-state index in [4.69, 9.17) is 0 Å². The monoisotopic (exact) mass is 241 g/mol. The molecule has 1 heterocycles. The average molecular weight is 241 g/mol. The van der Waals surface area contributed by atoms with Crippen LogP contribution in [0.25, 0.3) is 0 Å². The van der Waals surface area contributed by atoms with Crippen LogP contribution in [0, 0.1) is 5.92 Å². The predicted octanol–water partition coefficient (Wildman–Crippen LogP) is 0.834. The van der Waals surface area contributed by atoms with Crippen molar-refractivity contribution in [2.24, 2.45) is 5.92 Å². The van der Waals surface area contributed by atoms with Crippen LogP contribution >= 0.6 is 0 Å². The molecule has 0 bridgehead atoms. The number of carbonyl (C=O) groups excluding carboxylic acids is 1. The number of nitrogens with one attached hydrogen (secondary N) is 2. The zero-order valence-corrected chi connectivity index (χ0v) is 11.3. The Kier molecular flexibility index (Phi) is 7.21. The molecular formula is C13H27N3O. The molecular weight excluding hydrogens is 214 g/mol. The lowest BCUT2D eigenvalue weighted by Gasteiger charge is -2.27.